The molecular weight excluding hydrogens is 228 g/mol. The summed E-state index contributed by atoms with van der Waals surface area (Å²) in [6.07, 6.45) is 4.05. The Kier molecular flexibility index (Phi) is 3.76. The zero-order valence-corrected chi connectivity index (χ0v) is 11.3. The van der Waals surface area contributed by atoms with Crippen molar-refractivity contribution >= 4 is 5.78 Å². The smallest absolute Gasteiger partial charge is 0.166 e. The van der Waals surface area contributed by atoms with E-state index in [1.807, 2.05) is 0 Å². The number of ether oxygens (including phenoxy) is 1. The van der Waals surface area contributed by atoms with Crippen molar-refractivity contribution in [3.05, 3.63) is 23.3 Å². The molecule has 98 valence electrons. The SMILES string of the molecule is CCCOCc1ncc2c(n1)CC(C)(C)CC2=O. The summed E-state index contributed by atoms with van der Waals surface area (Å²) in [7, 11) is 0. The third-order valence-electron chi connectivity index (χ3n) is 3.08. The van der Waals surface area contributed by atoms with E-state index in [2.05, 4.69) is 30.7 Å². The van der Waals surface area contributed by atoms with Crippen LogP contribution in [0.25, 0.3) is 0 Å². The average molecular weight is 248 g/mol. The van der Waals surface area contributed by atoms with Crippen molar-refractivity contribution in [2.24, 2.45) is 5.41 Å². The fourth-order valence-electron chi connectivity index (χ4n) is 2.25. The van der Waals surface area contributed by atoms with Gasteiger partial charge in [-0.05, 0) is 18.3 Å². The van der Waals surface area contributed by atoms with Gasteiger partial charge in [-0.1, -0.05) is 20.8 Å². The summed E-state index contributed by atoms with van der Waals surface area (Å²) in [5.41, 5.74) is 1.56. The lowest BCUT2D eigenvalue weighted by Gasteiger charge is -2.29. The van der Waals surface area contributed by atoms with E-state index < -0.39 is 0 Å². The number of ketones is 1. The van der Waals surface area contributed by atoms with E-state index in [0.29, 0.717) is 31.0 Å². The molecule has 1 heterocycles. The second-order valence-electron chi connectivity index (χ2n) is 5.64. The van der Waals surface area contributed by atoms with Crippen LogP contribution in [-0.4, -0.2) is 22.4 Å². The monoisotopic (exact) mass is 248 g/mol. The minimum Gasteiger partial charge on any atom is -0.373 e. The Hall–Kier alpha value is -1.29. The Morgan fingerprint density at radius 2 is 2.17 bits per heavy atom. The number of hydrogen-bond donors (Lipinski definition) is 0. The van der Waals surface area contributed by atoms with Crippen LogP contribution >= 0.6 is 0 Å². The molecule has 0 unspecified atom stereocenters. The number of aromatic nitrogens is 2. The van der Waals surface area contributed by atoms with Crippen LogP contribution < -0.4 is 0 Å². The van der Waals surface area contributed by atoms with Crippen LogP contribution in [0.4, 0.5) is 0 Å². The highest BCUT2D eigenvalue weighted by Gasteiger charge is 2.32. The van der Waals surface area contributed by atoms with Crippen molar-refractivity contribution in [3.8, 4) is 0 Å². The molecule has 0 fully saturated rings. The lowest BCUT2D eigenvalue weighted by molar-refractivity contribution is 0.0906. The zero-order chi connectivity index (χ0) is 13.2. The first-order valence-corrected chi connectivity index (χ1v) is 6.47. The maximum atomic E-state index is 12.0. The maximum absolute atomic E-state index is 12.0. The first-order chi connectivity index (χ1) is 8.52. The first-order valence-electron chi connectivity index (χ1n) is 6.47. The van der Waals surface area contributed by atoms with E-state index in [1.165, 1.54) is 0 Å². The summed E-state index contributed by atoms with van der Waals surface area (Å²) in [5.74, 6) is 0.829. The topological polar surface area (TPSA) is 52.1 Å². The number of hydrogen-bond acceptors (Lipinski definition) is 4. The third-order valence-corrected chi connectivity index (χ3v) is 3.08. The van der Waals surface area contributed by atoms with Gasteiger partial charge < -0.3 is 4.74 Å². The summed E-state index contributed by atoms with van der Waals surface area (Å²) in [5, 5.41) is 0. The van der Waals surface area contributed by atoms with Crippen molar-refractivity contribution in [2.75, 3.05) is 6.61 Å². The second kappa shape index (κ2) is 5.14. The molecule has 0 aromatic carbocycles. The maximum Gasteiger partial charge on any atom is 0.166 e. The van der Waals surface area contributed by atoms with Crippen molar-refractivity contribution in [1.29, 1.82) is 0 Å². The van der Waals surface area contributed by atoms with Gasteiger partial charge >= 0.3 is 0 Å². The fourth-order valence-corrected chi connectivity index (χ4v) is 2.25. The summed E-state index contributed by atoms with van der Waals surface area (Å²) in [4.78, 5) is 20.6. The molecule has 1 aliphatic rings. The summed E-state index contributed by atoms with van der Waals surface area (Å²) in [6.45, 7) is 7.40. The van der Waals surface area contributed by atoms with Crippen LogP contribution in [0, 0.1) is 5.41 Å². The normalized spacial score (nSPS) is 17.6. The Morgan fingerprint density at radius 3 is 2.89 bits per heavy atom. The van der Waals surface area contributed by atoms with Gasteiger partial charge in [-0.2, -0.15) is 0 Å². The Labute approximate surface area is 108 Å². The lowest BCUT2D eigenvalue weighted by atomic mass is 9.76. The van der Waals surface area contributed by atoms with Gasteiger partial charge in [0.2, 0.25) is 0 Å². The highest BCUT2D eigenvalue weighted by molar-refractivity contribution is 5.98. The molecule has 0 bridgehead atoms. The highest BCUT2D eigenvalue weighted by Crippen LogP contribution is 2.33. The van der Waals surface area contributed by atoms with Crippen molar-refractivity contribution in [1.82, 2.24) is 9.97 Å². The molecule has 4 nitrogen and oxygen atoms in total. The zero-order valence-electron chi connectivity index (χ0n) is 11.3. The molecule has 0 aliphatic heterocycles. The van der Waals surface area contributed by atoms with Crippen molar-refractivity contribution in [2.45, 2.75) is 46.6 Å². The van der Waals surface area contributed by atoms with Crippen LogP contribution in [-0.2, 0) is 17.8 Å². The van der Waals surface area contributed by atoms with Crippen LogP contribution in [0.2, 0.25) is 0 Å². The number of nitrogens with zero attached hydrogens (tertiary/aromatic N) is 2. The summed E-state index contributed by atoms with van der Waals surface area (Å²) in [6, 6.07) is 0. The third kappa shape index (κ3) is 2.93. The quantitative estimate of drug-likeness (QED) is 0.768. The molecule has 2 rings (SSSR count). The summed E-state index contributed by atoms with van der Waals surface area (Å²) < 4.78 is 5.43. The molecule has 0 saturated carbocycles. The Bertz CT molecular complexity index is 455. The molecule has 1 aliphatic carbocycles. The largest absolute Gasteiger partial charge is 0.373 e. The molecule has 0 amide bonds. The van der Waals surface area contributed by atoms with Crippen LogP contribution in [0.15, 0.2) is 6.20 Å². The lowest BCUT2D eigenvalue weighted by Crippen LogP contribution is -2.28. The number of fused-ring (bicyclic) bond motifs is 1. The predicted octanol–water partition coefficient (Wildman–Crippen LogP) is 2.56. The molecule has 0 atom stereocenters. The molecule has 0 saturated heterocycles. The first kappa shape index (κ1) is 13.1. The van der Waals surface area contributed by atoms with Gasteiger partial charge in [-0.3, -0.25) is 4.79 Å². The van der Waals surface area contributed by atoms with Gasteiger partial charge in [0.25, 0.3) is 0 Å². The van der Waals surface area contributed by atoms with Gasteiger partial charge in [-0.15, -0.1) is 0 Å². The van der Waals surface area contributed by atoms with E-state index in [-0.39, 0.29) is 11.2 Å². The van der Waals surface area contributed by atoms with Crippen LogP contribution in [0.3, 0.4) is 0 Å². The molecule has 0 radical (unpaired) electrons. The molecule has 1 aromatic rings. The van der Waals surface area contributed by atoms with Gasteiger partial charge in [0.05, 0.1) is 11.3 Å². The second-order valence-corrected chi connectivity index (χ2v) is 5.64. The minimum absolute atomic E-state index is 0.0000175. The van der Waals surface area contributed by atoms with Crippen LogP contribution in [0.1, 0.15) is 55.5 Å². The summed E-state index contributed by atoms with van der Waals surface area (Å²) >= 11 is 0. The average Bonchev–Trinajstić information content (AvgIpc) is 2.27. The van der Waals surface area contributed by atoms with E-state index in [4.69, 9.17) is 4.74 Å². The van der Waals surface area contributed by atoms with E-state index >= 15 is 0 Å². The van der Waals surface area contributed by atoms with Crippen LogP contribution in [0.5, 0.6) is 0 Å². The van der Waals surface area contributed by atoms with Gasteiger partial charge in [0, 0.05) is 19.2 Å². The number of carbonyl (C=O) groups excluding carboxylic acids is 1. The number of rotatable bonds is 4. The number of carbonyl (C=O) groups is 1. The van der Waals surface area contributed by atoms with Gasteiger partial charge in [-0.25, -0.2) is 9.97 Å². The molecular formula is C14H20N2O2. The predicted molar refractivity (Wildman–Crippen MR) is 68.4 cm³/mol. The molecule has 0 N–H and O–H groups in total. The Morgan fingerprint density at radius 1 is 1.39 bits per heavy atom. The Balaban J connectivity index is 2.18. The molecule has 0 spiro atoms. The fraction of sp³-hybridized carbons (Fsp3) is 0.643. The standard InChI is InChI=1S/C14H20N2O2/c1-4-5-18-9-13-15-8-10-11(16-13)6-14(2,3)7-12(10)17/h8H,4-7,9H2,1-3H3. The number of Topliss-reactive ketones (excluding diaryl/α,β-unsaturated/α-hetero) is 1. The van der Waals surface area contributed by atoms with Gasteiger partial charge in [0.15, 0.2) is 11.6 Å². The molecule has 1 aromatic heterocycles. The van der Waals surface area contributed by atoms with Crippen molar-refractivity contribution < 1.29 is 9.53 Å². The van der Waals surface area contributed by atoms with Gasteiger partial charge in [0.1, 0.15) is 6.61 Å². The van der Waals surface area contributed by atoms with E-state index in [9.17, 15) is 4.79 Å². The molecule has 18 heavy (non-hydrogen) atoms. The molecule has 4 heteroatoms. The minimum atomic E-state index is -0.0000175. The van der Waals surface area contributed by atoms with E-state index in [1.54, 1.807) is 6.20 Å². The van der Waals surface area contributed by atoms with Crippen molar-refractivity contribution in [3.63, 3.8) is 0 Å². The highest BCUT2D eigenvalue weighted by atomic mass is 16.5. The van der Waals surface area contributed by atoms with E-state index in [0.717, 1.165) is 18.5 Å².